The number of halogens is 1. The molecule has 4 nitrogen and oxygen atoms in total. The maximum absolute atomic E-state index is 13.8. The lowest BCUT2D eigenvalue weighted by molar-refractivity contribution is -0.112. The van der Waals surface area contributed by atoms with Gasteiger partial charge in [0.05, 0.1) is 5.56 Å². The van der Waals surface area contributed by atoms with Crippen LogP contribution in [0.5, 0.6) is 0 Å². The minimum absolute atomic E-state index is 0.113. The molecule has 0 bridgehead atoms. The Labute approximate surface area is 143 Å². The van der Waals surface area contributed by atoms with Crippen LogP contribution < -0.4 is 5.32 Å². The van der Waals surface area contributed by atoms with Crippen molar-refractivity contribution in [2.45, 2.75) is 0 Å². The van der Waals surface area contributed by atoms with E-state index in [0.29, 0.717) is 17.0 Å². The maximum atomic E-state index is 13.8. The molecule has 0 aliphatic rings. The molecule has 1 heterocycles. The molecule has 0 aliphatic heterocycles. The third kappa shape index (κ3) is 3.82. The fourth-order valence-corrected chi connectivity index (χ4v) is 2.25. The van der Waals surface area contributed by atoms with Gasteiger partial charge >= 0.3 is 0 Å². The van der Waals surface area contributed by atoms with E-state index in [9.17, 15) is 14.4 Å². The zero-order valence-corrected chi connectivity index (χ0v) is 13.1. The zero-order valence-electron chi connectivity index (χ0n) is 13.1. The molecular formula is C20H13FN2O2. The Morgan fingerprint density at radius 3 is 2.48 bits per heavy atom. The molecule has 0 unspecified atom stereocenters. The Bertz CT molecular complexity index is 969. The summed E-state index contributed by atoms with van der Waals surface area (Å²) in [5.41, 5.74) is 0.785. The second-order valence-corrected chi connectivity index (χ2v) is 5.17. The smallest absolute Gasteiger partial charge is 0.266 e. The van der Waals surface area contributed by atoms with Crippen molar-refractivity contribution >= 4 is 17.7 Å². The van der Waals surface area contributed by atoms with Crippen molar-refractivity contribution in [1.82, 2.24) is 0 Å². The van der Waals surface area contributed by atoms with Crippen molar-refractivity contribution in [2.75, 3.05) is 5.32 Å². The van der Waals surface area contributed by atoms with Crippen LogP contribution in [0, 0.1) is 17.1 Å². The highest BCUT2D eigenvalue weighted by atomic mass is 19.1. The largest absolute Gasteiger partial charge is 0.457 e. The molecule has 1 amide bonds. The van der Waals surface area contributed by atoms with Gasteiger partial charge < -0.3 is 9.73 Å². The highest BCUT2D eigenvalue weighted by molar-refractivity contribution is 6.09. The van der Waals surface area contributed by atoms with Gasteiger partial charge in [-0.3, -0.25) is 4.79 Å². The van der Waals surface area contributed by atoms with E-state index in [2.05, 4.69) is 5.32 Å². The lowest BCUT2D eigenvalue weighted by atomic mass is 10.1. The Kier molecular flexibility index (Phi) is 4.72. The summed E-state index contributed by atoms with van der Waals surface area (Å²) < 4.78 is 19.3. The molecule has 2 aromatic carbocycles. The molecule has 1 N–H and O–H groups in total. The van der Waals surface area contributed by atoms with E-state index in [4.69, 9.17) is 4.42 Å². The number of benzene rings is 2. The predicted octanol–water partition coefficient (Wildman–Crippen LogP) is 4.63. The highest BCUT2D eigenvalue weighted by Crippen LogP contribution is 2.25. The van der Waals surface area contributed by atoms with Crippen molar-refractivity contribution < 1.29 is 13.6 Å². The number of hydrogen-bond donors (Lipinski definition) is 1. The van der Waals surface area contributed by atoms with E-state index in [1.807, 2.05) is 12.1 Å². The molecule has 0 atom stereocenters. The van der Waals surface area contributed by atoms with E-state index in [-0.39, 0.29) is 11.3 Å². The molecule has 0 radical (unpaired) electrons. The van der Waals surface area contributed by atoms with E-state index in [1.165, 1.54) is 12.1 Å². The Hall–Kier alpha value is -3.65. The summed E-state index contributed by atoms with van der Waals surface area (Å²) in [4.78, 5) is 12.2. The van der Waals surface area contributed by atoms with Crippen LogP contribution in [0.1, 0.15) is 5.76 Å². The lowest BCUT2D eigenvalue weighted by Crippen LogP contribution is -2.13. The Balaban J connectivity index is 1.83. The normalized spacial score (nSPS) is 11.0. The molecule has 0 saturated heterocycles. The lowest BCUT2D eigenvalue weighted by Gasteiger charge is -2.03. The summed E-state index contributed by atoms with van der Waals surface area (Å²) in [5, 5.41) is 11.9. The third-order valence-electron chi connectivity index (χ3n) is 3.45. The summed E-state index contributed by atoms with van der Waals surface area (Å²) in [5.74, 6) is -0.338. The topological polar surface area (TPSA) is 66.0 Å². The number of carbonyl (C=O) groups is 1. The van der Waals surface area contributed by atoms with Gasteiger partial charge in [0.15, 0.2) is 0 Å². The van der Waals surface area contributed by atoms with Crippen molar-refractivity contribution in [3.8, 4) is 17.4 Å². The SMILES string of the molecule is N#C/C(=C\c1ccc(-c2ccccc2F)o1)C(=O)Nc1ccccc1. The first-order valence-corrected chi connectivity index (χ1v) is 7.50. The van der Waals surface area contributed by atoms with Gasteiger partial charge in [0.1, 0.15) is 29.0 Å². The van der Waals surface area contributed by atoms with Gasteiger partial charge in [-0.15, -0.1) is 0 Å². The van der Waals surface area contributed by atoms with Crippen molar-refractivity contribution in [3.63, 3.8) is 0 Å². The minimum Gasteiger partial charge on any atom is -0.457 e. The van der Waals surface area contributed by atoms with Gasteiger partial charge in [0.25, 0.3) is 5.91 Å². The van der Waals surface area contributed by atoms with Gasteiger partial charge in [-0.25, -0.2) is 4.39 Å². The monoisotopic (exact) mass is 332 g/mol. The van der Waals surface area contributed by atoms with Crippen LogP contribution in [-0.2, 0) is 4.79 Å². The Morgan fingerprint density at radius 1 is 1.04 bits per heavy atom. The summed E-state index contributed by atoms with van der Waals surface area (Å²) in [6.45, 7) is 0. The zero-order chi connectivity index (χ0) is 17.6. The number of amides is 1. The quantitative estimate of drug-likeness (QED) is 0.559. The first-order chi connectivity index (χ1) is 12.2. The van der Waals surface area contributed by atoms with Gasteiger partial charge in [-0.2, -0.15) is 5.26 Å². The molecule has 3 rings (SSSR count). The van der Waals surface area contributed by atoms with Crippen LogP contribution in [0.15, 0.2) is 76.7 Å². The number of nitrogens with zero attached hydrogens (tertiary/aromatic N) is 1. The van der Waals surface area contributed by atoms with Crippen LogP contribution in [0.25, 0.3) is 17.4 Å². The highest BCUT2D eigenvalue weighted by Gasteiger charge is 2.12. The summed E-state index contributed by atoms with van der Waals surface area (Å²) in [7, 11) is 0. The van der Waals surface area contributed by atoms with Crippen LogP contribution in [-0.4, -0.2) is 5.91 Å². The molecule has 122 valence electrons. The number of nitrogens with one attached hydrogen (secondary N) is 1. The average molecular weight is 332 g/mol. The molecule has 0 saturated carbocycles. The Morgan fingerprint density at radius 2 is 1.76 bits per heavy atom. The number of nitriles is 1. The number of carbonyl (C=O) groups excluding carboxylic acids is 1. The standard InChI is InChI=1S/C20H13FN2O2/c21-18-9-5-4-8-17(18)19-11-10-16(25-19)12-14(13-22)20(24)23-15-6-2-1-3-7-15/h1-12H,(H,23,24)/b14-12+. The van der Waals surface area contributed by atoms with Crippen molar-refractivity contribution in [1.29, 1.82) is 5.26 Å². The summed E-state index contributed by atoms with van der Waals surface area (Å²) in [6, 6.07) is 20.0. The first-order valence-electron chi connectivity index (χ1n) is 7.50. The summed E-state index contributed by atoms with van der Waals surface area (Å²) in [6.07, 6.45) is 1.32. The molecule has 5 heteroatoms. The van der Waals surface area contributed by atoms with Crippen LogP contribution in [0.3, 0.4) is 0 Å². The molecule has 0 fully saturated rings. The van der Waals surface area contributed by atoms with Crippen molar-refractivity contribution in [3.05, 3.63) is 83.9 Å². The van der Waals surface area contributed by atoms with Crippen molar-refractivity contribution in [2.24, 2.45) is 0 Å². The molecule has 0 spiro atoms. The maximum Gasteiger partial charge on any atom is 0.266 e. The third-order valence-corrected chi connectivity index (χ3v) is 3.45. The fraction of sp³-hybridized carbons (Fsp3) is 0. The molecular weight excluding hydrogens is 319 g/mol. The average Bonchev–Trinajstić information content (AvgIpc) is 3.09. The van der Waals surface area contributed by atoms with E-state index < -0.39 is 11.7 Å². The fourth-order valence-electron chi connectivity index (χ4n) is 2.25. The number of hydrogen-bond acceptors (Lipinski definition) is 3. The number of para-hydroxylation sites is 1. The molecule has 3 aromatic rings. The van der Waals surface area contributed by atoms with Gasteiger partial charge in [-0.1, -0.05) is 30.3 Å². The second-order valence-electron chi connectivity index (χ2n) is 5.17. The number of rotatable bonds is 4. The number of furan rings is 1. The predicted molar refractivity (Wildman–Crippen MR) is 92.8 cm³/mol. The second kappa shape index (κ2) is 7.28. The van der Waals surface area contributed by atoms with E-state index in [0.717, 1.165) is 0 Å². The van der Waals surface area contributed by atoms with E-state index in [1.54, 1.807) is 54.6 Å². The minimum atomic E-state index is -0.544. The first kappa shape index (κ1) is 16.2. The van der Waals surface area contributed by atoms with Crippen LogP contribution in [0.4, 0.5) is 10.1 Å². The van der Waals surface area contributed by atoms with Crippen LogP contribution in [0.2, 0.25) is 0 Å². The number of anilines is 1. The van der Waals surface area contributed by atoms with E-state index >= 15 is 0 Å². The summed E-state index contributed by atoms with van der Waals surface area (Å²) >= 11 is 0. The van der Waals surface area contributed by atoms with Gasteiger partial charge in [0, 0.05) is 11.8 Å². The van der Waals surface area contributed by atoms with Gasteiger partial charge in [0.2, 0.25) is 0 Å². The molecule has 0 aliphatic carbocycles. The van der Waals surface area contributed by atoms with Gasteiger partial charge in [-0.05, 0) is 36.4 Å². The molecule has 1 aromatic heterocycles. The van der Waals surface area contributed by atoms with Crippen LogP contribution >= 0.6 is 0 Å². The molecule has 25 heavy (non-hydrogen) atoms.